The number of hydrogen-bond donors (Lipinski definition) is 1. The Bertz CT molecular complexity index is 1180. The molecule has 0 fully saturated rings. The van der Waals surface area contributed by atoms with Crippen molar-refractivity contribution in [2.45, 2.75) is 12.5 Å². The first-order chi connectivity index (χ1) is 14.6. The molecule has 0 saturated carbocycles. The molecule has 0 saturated heterocycles. The van der Waals surface area contributed by atoms with E-state index in [1.165, 1.54) is 0 Å². The Morgan fingerprint density at radius 2 is 1.93 bits per heavy atom. The lowest BCUT2D eigenvalue weighted by atomic mass is 10.0. The van der Waals surface area contributed by atoms with Crippen LogP contribution in [0, 0.1) is 0 Å². The van der Waals surface area contributed by atoms with Crippen molar-refractivity contribution >= 4 is 27.6 Å². The summed E-state index contributed by atoms with van der Waals surface area (Å²) in [5.41, 5.74) is 2.81. The highest BCUT2D eigenvalue weighted by atomic mass is 16.5. The fraction of sp³-hybridized carbons (Fsp3) is 0.240. The molecule has 0 aliphatic rings. The van der Waals surface area contributed by atoms with Gasteiger partial charge in [-0.05, 0) is 48.6 Å². The Morgan fingerprint density at radius 1 is 1.10 bits per heavy atom. The van der Waals surface area contributed by atoms with Crippen LogP contribution in [-0.2, 0) is 11.2 Å². The predicted molar refractivity (Wildman–Crippen MR) is 120 cm³/mol. The lowest BCUT2D eigenvalue weighted by Crippen LogP contribution is -2.35. The Kier molecular flexibility index (Phi) is 5.72. The van der Waals surface area contributed by atoms with Crippen LogP contribution in [0.25, 0.3) is 21.7 Å². The smallest absolute Gasteiger partial charge is 0.224 e. The quantitative estimate of drug-likeness (QED) is 0.493. The van der Waals surface area contributed by atoms with E-state index in [0.29, 0.717) is 6.54 Å². The van der Waals surface area contributed by atoms with Crippen LogP contribution in [0.5, 0.6) is 5.75 Å². The Balaban J connectivity index is 1.51. The van der Waals surface area contributed by atoms with Gasteiger partial charge in [-0.15, -0.1) is 0 Å². The van der Waals surface area contributed by atoms with E-state index in [2.05, 4.69) is 28.4 Å². The van der Waals surface area contributed by atoms with Gasteiger partial charge >= 0.3 is 0 Å². The van der Waals surface area contributed by atoms with Gasteiger partial charge in [0.15, 0.2) is 0 Å². The molecule has 1 aromatic heterocycles. The van der Waals surface area contributed by atoms with Crippen molar-refractivity contribution in [3.05, 3.63) is 78.1 Å². The van der Waals surface area contributed by atoms with Crippen LogP contribution >= 0.6 is 0 Å². The van der Waals surface area contributed by atoms with Gasteiger partial charge in [0.05, 0.1) is 25.8 Å². The molecule has 1 atom stereocenters. The normalized spacial score (nSPS) is 12.4. The van der Waals surface area contributed by atoms with Gasteiger partial charge in [0, 0.05) is 17.5 Å². The maximum atomic E-state index is 12.8. The number of carbonyl (C=O) groups excluding carboxylic acids is 1. The lowest BCUT2D eigenvalue weighted by molar-refractivity contribution is -0.120. The molecule has 5 heteroatoms. The number of furan rings is 1. The largest absolute Gasteiger partial charge is 0.497 e. The monoisotopic (exact) mass is 402 g/mol. The number of ether oxygens (including phenoxy) is 1. The van der Waals surface area contributed by atoms with Gasteiger partial charge < -0.3 is 19.4 Å². The second kappa shape index (κ2) is 8.59. The first-order valence-corrected chi connectivity index (χ1v) is 10.0. The molecule has 5 nitrogen and oxygen atoms in total. The highest BCUT2D eigenvalue weighted by Gasteiger charge is 2.18. The van der Waals surface area contributed by atoms with Crippen molar-refractivity contribution < 1.29 is 13.9 Å². The maximum Gasteiger partial charge on any atom is 0.224 e. The van der Waals surface area contributed by atoms with Crippen LogP contribution in [0.15, 0.2) is 71.3 Å². The number of methoxy groups -OCH3 is 1. The van der Waals surface area contributed by atoms with Crippen LogP contribution in [0.4, 0.5) is 0 Å². The molecule has 4 aromatic rings. The number of rotatable bonds is 7. The van der Waals surface area contributed by atoms with E-state index in [9.17, 15) is 4.79 Å². The van der Waals surface area contributed by atoms with Gasteiger partial charge in [-0.25, -0.2) is 0 Å². The summed E-state index contributed by atoms with van der Waals surface area (Å²) in [6, 6.07) is 20.2. The van der Waals surface area contributed by atoms with E-state index < -0.39 is 0 Å². The summed E-state index contributed by atoms with van der Waals surface area (Å²) in [5.74, 6) is 0.780. The Labute approximate surface area is 176 Å². The average Bonchev–Trinajstić information content (AvgIpc) is 3.17. The third-order valence-corrected chi connectivity index (χ3v) is 5.49. The summed E-state index contributed by atoms with van der Waals surface area (Å²) >= 11 is 0. The van der Waals surface area contributed by atoms with Crippen LogP contribution in [0.3, 0.4) is 0 Å². The van der Waals surface area contributed by atoms with Crippen molar-refractivity contribution in [2.75, 3.05) is 27.7 Å². The topological polar surface area (TPSA) is 54.7 Å². The number of benzene rings is 3. The molecular weight excluding hydrogens is 376 g/mol. The van der Waals surface area contributed by atoms with Gasteiger partial charge in [-0.1, -0.05) is 42.5 Å². The molecule has 0 aliphatic heterocycles. The zero-order chi connectivity index (χ0) is 21.1. The second-order valence-electron chi connectivity index (χ2n) is 7.66. The Hall–Kier alpha value is -3.31. The molecule has 30 heavy (non-hydrogen) atoms. The Morgan fingerprint density at radius 3 is 2.73 bits per heavy atom. The molecule has 0 bridgehead atoms. The first-order valence-electron chi connectivity index (χ1n) is 10.0. The number of nitrogens with zero attached hydrogens (tertiary/aromatic N) is 1. The number of fused-ring (bicyclic) bond motifs is 3. The van der Waals surface area contributed by atoms with Crippen molar-refractivity contribution in [1.29, 1.82) is 0 Å². The number of amides is 1. The van der Waals surface area contributed by atoms with Crippen molar-refractivity contribution in [3.8, 4) is 5.75 Å². The molecule has 0 radical (unpaired) electrons. The van der Waals surface area contributed by atoms with Gasteiger partial charge in [0.25, 0.3) is 0 Å². The zero-order valence-corrected chi connectivity index (χ0v) is 17.5. The van der Waals surface area contributed by atoms with Crippen LogP contribution in [0.2, 0.25) is 0 Å². The summed E-state index contributed by atoms with van der Waals surface area (Å²) in [5, 5.41) is 6.35. The zero-order valence-electron chi connectivity index (χ0n) is 17.5. The summed E-state index contributed by atoms with van der Waals surface area (Å²) < 4.78 is 11.1. The minimum atomic E-state index is -0.0274. The van der Waals surface area contributed by atoms with Gasteiger partial charge in [-0.2, -0.15) is 0 Å². The fourth-order valence-corrected chi connectivity index (χ4v) is 3.90. The third-order valence-electron chi connectivity index (χ3n) is 5.49. The fourth-order valence-electron chi connectivity index (χ4n) is 3.90. The van der Waals surface area contributed by atoms with E-state index in [1.807, 2.05) is 56.6 Å². The SMILES string of the molecule is COc1cccc([C@H](CNC(=O)Cc2coc3ccc4ccccc4c23)N(C)C)c1. The summed E-state index contributed by atoms with van der Waals surface area (Å²) in [6.07, 6.45) is 1.97. The molecule has 1 N–H and O–H groups in total. The van der Waals surface area contributed by atoms with E-state index in [0.717, 1.165) is 38.6 Å². The van der Waals surface area contributed by atoms with Crippen LogP contribution in [-0.4, -0.2) is 38.6 Å². The van der Waals surface area contributed by atoms with Crippen molar-refractivity contribution in [3.63, 3.8) is 0 Å². The van der Waals surface area contributed by atoms with Crippen molar-refractivity contribution in [1.82, 2.24) is 10.2 Å². The molecule has 0 aliphatic carbocycles. The minimum Gasteiger partial charge on any atom is -0.497 e. The second-order valence-corrected chi connectivity index (χ2v) is 7.66. The van der Waals surface area contributed by atoms with E-state index >= 15 is 0 Å². The molecule has 3 aromatic carbocycles. The number of likely N-dealkylation sites (N-methyl/N-ethyl adjacent to an activating group) is 1. The minimum absolute atomic E-state index is 0.0274. The molecule has 1 amide bonds. The highest BCUT2D eigenvalue weighted by Crippen LogP contribution is 2.30. The van der Waals surface area contributed by atoms with E-state index in [4.69, 9.17) is 9.15 Å². The number of hydrogen-bond acceptors (Lipinski definition) is 4. The third kappa shape index (κ3) is 4.02. The van der Waals surface area contributed by atoms with Gasteiger partial charge in [0.2, 0.25) is 5.91 Å². The van der Waals surface area contributed by atoms with Crippen LogP contribution < -0.4 is 10.1 Å². The molecule has 0 spiro atoms. The van der Waals surface area contributed by atoms with E-state index in [1.54, 1.807) is 13.4 Å². The summed E-state index contributed by atoms with van der Waals surface area (Å²) in [7, 11) is 5.67. The van der Waals surface area contributed by atoms with Gasteiger partial charge in [-0.3, -0.25) is 4.79 Å². The molecule has 1 heterocycles. The number of carbonyl (C=O) groups is 1. The lowest BCUT2D eigenvalue weighted by Gasteiger charge is -2.25. The van der Waals surface area contributed by atoms with Gasteiger partial charge in [0.1, 0.15) is 11.3 Å². The summed E-state index contributed by atoms with van der Waals surface area (Å²) in [6.45, 7) is 0.509. The van der Waals surface area contributed by atoms with Crippen molar-refractivity contribution in [2.24, 2.45) is 0 Å². The molecule has 4 rings (SSSR count). The predicted octanol–water partition coefficient (Wildman–Crippen LogP) is 4.56. The standard InChI is InChI=1S/C25H26N2O3/c1-27(2)22(18-8-6-9-20(13-18)29-3)15-26-24(28)14-19-16-30-23-12-11-17-7-4-5-10-21(17)25(19)23/h4-13,16,22H,14-15H2,1-3H3,(H,26,28)/t22-/m0/s1. The molecule has 0 unspecified atom stereocenters. The first kappa shape index (κ1) is 20.0. The average molecular weight is 402 g/mol. The highest BCUT2D eigenvalue weighted by molar-refractivity contribution is 6.08. The molecule has 154 valence electrons. The van der Waals surface area contributed by atoms with Crippen LogP contribution in [0.1, 0.15) is 17.2 Å². The van der Waals surface area contributed by atoms with E-state index in [-0.39, 0.29) is 18.4 Å². The number of nitrogens with one attached hydrogen (secondary N) is 1. The maximum absolute atomic E-state index is 12.8. The summed E-state index contributed by atoms with van der Waals surface area (Å²) in [4.78, 5) is 14.9. The molecular formula is C25H26N2O3.